The molecule has 1 saturated carbocycles. The van der Waals surface area contributed by atoms with E-state index in [1.54, 1.807) is 24.3 Å². The van der Waals surface area contributed by atoms with Gasteiger partial charge in [0.2, 0.25) is 11.8 Å². The third-order valence-electron chi connectivity index (χ3n) is 5.64. The number of allylic oxidation sites excluding steroid dienone is 2. The maximum atomic E-state index is 13.0. The number of fused-ring (bicyclic) bond motifs is 5. The lowest BCUT2D eigenvalue weighted by atomic mass is 9.85. The third-order valence-corrected chi connectivity index (χ3v) is 5.64. The second kappa shape index (κ2) is 5.33. The standard InChI is InChI=1S/C20H21NO3/c1-11(2)9-16(12-5-7-15(22)8-6-12)21-19(23)17-13-3-4-14(10-13)18(17)20(21)24/h3-8,13-14,16-18,22H,1,9-10H2,2H3. The van der Waals surface area contributed by atoms with Crippen molar-refractivity contribution in [2.75, 3.05) is 0 Å². The number of benzene rings is 1. The lowest BCUT2D eigenvalue weighted by Crippen LogP contribution is -2.36. The van der Waals surface area contributed by atoms with Crippen molar-refractivity contribution in [2.24, 2.45) is 23.7 Å². The van der Waals surface area contributed by atoms with Crippen LogP contribution < -0.4 is 0 Å². The van der Waals surface area contributed by atoms with Crippen LogP contribution in [0, 0.1) is 23.7 Å². The SMILES string of the molecule is C=C(C)CC(c1ccc(O)cc1)N1C(=O)C2C3C=CC(C3)C2C1=O. The predicted molar refractivity (Wildman–Crippen MR) is 89.8 cm³/mol. The first-order valence-corrected chi connectivity index (χ1v) is 8.46. The summed E-state index contributed by atoms with van der Waals surface area (Å²) in [5.41, 5.74) is 1.78. The Kier molecular flexibility index (Phi) is 3.37. The second-order valence-electron chi connectivity index (χ2n) is 7.31. The van der Waals surface area contributed by atoms with Gasteiger partial charge in [-0.1, -0.05) is 29.9 Å². The number of rotatable bonds is 4. The summed E-state index contributed by atoms with van der Waals surface area (Å²) < 4.78 is 0. The fraction of sp³-hybridized carbons (Fsp3) is 0.400. The highest BCUT2D eigenvalue weighted by Gasteiger charge is 2.60. The lowest BCUT2D eigenvalue weighted by molar-refractivity contribution is -0.143. The molecule has 2 fully saturated rings. The molecule has 1 heterocycles. The largest absolute Gasteiger partial charge is 0.508 e. The summed E-state index contributed by atoms with van der Waals surface area (Å²) in [6, 6.07) is 6.41. The summed E-state index contributed by atoms with van der Waals surface area (Å²) >= 11 is 0. The number of hydrogen-bond donors (Lipinski definition) is 1. The molecular formula is C20H21NO3. The molecule has 2 bridgehead atoms. The maximum Gasteiger partial charge on any atom is 0.234 e. The van der Waals surface area contributed by atoms with E-state index in [9.17, 15) is 14.7 Å². The first-order chi connectivity index (χ1) is 11.5. The van der Waals surface area contributed by atoms with E-state index < -0.39 is 0 Å². The van der Waals surface area contributed by atoms with Gasteiger partial charge in [-0.25, -0.2) is 0 Å². The zero-order valence-electron chi connectivity index (χ0n) is 13.7. The minimum atomic E-state index is -0.340. The summed E-state index contributed by atoms with van der Waals surface area (Å²) in [6.07, 6.45) is 5.69. The van der Waals surface area contributed by atoms with E-state index >= 15 is 0 Å². The molecule has 1 saturated heterocycles. The number of likely N-dealkylation sites (tertiary alicyclic amines) is 1. The minimum absolute atomic E-state index is 0.0406. The van der Waals surface area contributed by atoms with Gasteiger partial charge in [0, 0.05) is 0 Å². The van der Waals surface area contributed by atoms with Crippen molar-refractivity contribution in [3.05, 3.63) is 54.1 Å². The molecule has 2 aliphatic carbocycles. The van der Waals surface area contributed by atoms with Crippen molar-refractivity contribution >= 4 is 11.8 Å². The van der Waals surface area contributed by atoms with Crippen molar-refractivity contribution in [1.29, 1.82) is 0 Å². The number of phenols is 1. The van der Waals surface area contributed by atoms with Gasteiger partial charge in [-0.15, -0.1) is 6.58 Å². The average molecular weight is 323 g/mol. The van der Waals surface area contributed by atoms with Gasteiger partial charge in [-0.05, 0) is 49.3 Å². The van der Waals surface area contributed by atoms with Gasteiger partial charge in [-0.3, -0.25) is 14.5 Å². The molecule has 4 rings (SSSR count). The first-order valence-electron chi connectivity index (χ1n) is 8.46. The van der Waals surface area contributed by atoms with Crippen LogP contribution in [0.1, 0.15) is 31.4 Å². The fourth-order valence-electron chi connectivity index (χ4n) is 4.62. The van der Waals surface area contributed by atoms with E-state index in [0.29, 0.717) is 6.42 Å². The first kappa shape index (κ1) is 15.2. The van der Waals surface area contributed by atoms with E-state index in [0.717, 1.165) is 17.6 Å². The highest BCUT2D eigenvalue weighted by Crippen LogP contribution is 2.54. The number of imide groups is 1. The van der Waals surface area contributed by atoms with E-state index in [1.165, 1.54) is 4.90 Å². The monoisotopic (exact) mass is 323 g/mol. The quantitative estimate of drug-likeness (QED) is 0.684. The van der Waals surface area contributed by atoms with Crippen LogP contribution in [-0.2, 0) is 9.59 Å². The van der Waals surface area contributed by atoms with Gasteiger partial charge in [-0.2, -0.15) is 0 Å². The molecule has 0 aromatic heterocycles. The average Bonchev–Trinajstić information content (AvgIpc) is 3.20. The van der Waals surface area contributed by atoms with Crippen molar-refractivity contribution in [3.63, 3.8) is 0 Å². The van der Waals surface area contributed by atoms with E-state index in [-0.39, 0.29) is 47.3 Å². The second-order valence-corrected chi connectivity index (χ2v) is 7.31. The number of aromatic hydroxyl groups is 1. The molecule has 2 amide bonds. The van der Waals surface area contributed by atoms with Crippen LogP contribution in [-0.4, -0.2) is 21.8 Å². The molecule has 4 heteroatoms. The van der Waals surface area contributed by atoms with Crippen molar-refractivity contribution in [2.45, 2.75) is 25.8 Å². The number of carbonyl (C=O) groups excluding carboxylic acids is 2. The minimum Gasteiger partial charge on any atom is -0.508 e. The summed E-state index contributed by atoms with van der Waals surface area (Å²) in [4.78, 5) is 27.6. The van der Waals surface area contributed by atoms with Crippen LogP contribution >= 0.6 is 0 Å². The third kappa shape index (κ3) is 2.13. The molecule has 1 aromatic carbocycles. The Morgan fingerprint density at radius 3 is 2.21 bits per heavy atom. The van der Waals surface area contributed by atoms with Crippen LogP contribution in [0.4, 0.5) is 0 Å². The highest BCUT2D eigenvalue weighted by molar-refractivity contribution is 6.06. The Morgan fingerprint density at radius 1 is 1.17 bits per heavy atom. The van der Waals surface area contributed by atoms with Crippen molar-refractivity contribution in [3.8, 4) is 5.75 Å². The number of phenolic OH excluding ortho intramolecular Hbond substituents is 1. The summed E-state index contributed by atoms with van der Waals surface area (Å²) in [6.45, 7) is 5.87. The van der Waals surface area contributed by atoms with E-state index in [1.807, 2.05) is 6.92 Å². The van der Waals surface area contributed by atoms with E-state index in [4.69, 9.17) is 0 Å². The molecule has 1 N–H and O–H groups in total. The molecule has 5 unspecified atom stereocenters. The summed E-state index contributed by atoms with van der Waals surface area (Å²) in [5.74, 6) is 0.154. The fourth-order valence-corrected chi connectivity index (χ4v) is 4.62. The molecular weight excluding hydrogens is 302 g/mol. The molecule has 1 aliphatic heterocycles. The zero-order valence-corrected chi connectivity index (χ0v) is 13.7. The zero-order chi connectivity index (χ0) is 17.0. The highest BCUT2D eigenvalue weighted by atomic mass is 16.3. The van der Waals surface area contributed by atoms with Gasteiger partial charge in [0.25, 0.3) is 0 Å². The molecule has 3 aliphatic rings. The van der Waals surface area contributed by atoms with Crippen LogP contribution in [0.3, 0.4) is 0 Å². The predicted octanol–water partition coefficient (Wildman–Crippen LogP) is 3.21. The van der Waals surface area contributed by atoms with Crippen LogP contribution in [0.15, 0.2) is 48.6 Å². The topological polar surface area (TPSA) is 57.6 Å². The summed E-state index contributed by atoms with van der Waals surface area (Å²) in [7, 11) is 0. The Labute approximate surface area is 141 Å². The molecule has 0 spiro atoms. The van der Waals surface area contributed by atoms with Crippen LogP contribution in [0.2, 0.25) is 0 Å². The molecule has 4 nitrogen and oxygen atoms in total. The van der Waals surface area contributed by atoms with Gasteiger partial charge < -0.3 is 5.11 Å². The Morgan fingerprint density at radius 2 is 1.71 bits per heavy atom. The maximum absolute atomic E-state index is 13.0. The van der Waals surface area contributed by atoms with Gasteiger partial charge in [0.1, 0.15) is 5.75 Å². The van der Waals surface area contributed by atoms with Crippen LogP contribution in [0.25, 0.3) is 0 Å². The Bertz CT molecular complexity index is 719. The van der Waals surface area contributed by atoms with Crippen LogP contribution in [0.5, 0.6) is 5.75 Å². The molecule has 0 radical (unpaired) electrons. The number of nitrogens with zero attached hydrogens (tertiary/aromatic N) is 1. The lowest BCUT2D eigenvalue weighted by Gasteiger charge is -2.28. The number of amides is 2. The molecule has 124 valence electrons. The molecule has 1 aromatic rings. The normalized spacial score (nSPS) is 31.6. The number of hydrogen-bond acceptors (Lipinski definition) is 3. The molecule has 24 heavy (non-hydrogen) atoms. The van der Waals surface area contributed by atoms with Crippen molar-refractivity contribution < 1.29 is 14.7 Å². The Balaban J connectivity index is 1.71. The van der Waals surface area contributed by atoms with Gasteiger partial charge in [0.05, 0.1) is 17.9 Å². The van der Waals surface area contributed by atoms with Crippen molar-refractivity contribution in [1.82, 2.24) is 4.90 Å². The molecule has 5 atom stereocenters. The van der Waals surface area contributed by atoms with Gasteiger partial charge >= 0.3 is 0 Å². The van der Waals surface area contributed by atoms with Gasteiger partial charge in [0.15, 0.2) is 0 Å². The smallest absolute Gasteiger partial charge is 0.234 e. The number of carbonyl (C=O) groups is 2. The van der Waals surface area contributed by atoms with E-state index in [2.05, 4.69) is 18.7 Å². The Hall–Kier alpha value is -2.36. The summed E-state index contributed by atoms with van der Waals surface area (Å²) in [5, 5.41) is 9.53.